The SMILES string of the molecule is CSCCC(C(=O)OCC(=O)Nc1c(C#N)oc2ccccc12)N1C(=O)c2ccccc2C1=O. The lowest BCUT2D eigenvalue weighted by Gasteiger charge is -2.24. The van der Waals surface area contributed by atoms with Gasteiger partial charge in [-0.25, -0.2) is 4.79 Å². The molecule has 1 aliphatic heterocycles. The summed E-state index contributed by atoms with van der Waals surface area (Å²) in [5.41, 5.74) is 1.05. The molecule has 0 aliphatic carbocycles. The van der Waals surface area contributed by atoms with Crippen molar-refractivity contribution >= 4 is 52.1 Å². The lowest BCUT2D eigenvalue weighted by Crippen LogP contribution is -2.46. The van der Waals surface area contributed by atoms with E-state index in [9.17, 15) is 24.4 Å². The van der Waals surface area contributed by atoms with Crippen molar-refractivity contribution < 1.29 is 28.3 Å². The Labute approximate surface area is 198 Å². The number of carbonyl (C=O) groups excluding carboxylic acids is 4. The van der Waals surface area contributed by atoms with Crippen LogP contribution < -0.4 is 5.32 Å². The van der Waals surface area contributed by atoms with Gasteiger partial charge in [0.2, 0.25) is 5.76 Å². The molecule has 3 aromatic rings. The molecule has 2 aromatic carbocycles. The van der Waals surface area contributed by atoms with E-state index in [1.54, 1.807) is 36.4 Å². The van der Waals surface area contributed by atoms with Crippen molar-refractivity contribution in [2.75, 3.05) is 23.9 Å². The van der Waals surface area contributed by atoms with Crippen molar-refractivity contribution in [2.45, 2.75) is 12.5 Å². The number of ether oxygens (including phenoxy) is 1. The number of anilines is 1. The second-order valence-corrected chi connectivity index (χ2v) is 8.38. The van der Waals surface area contributed by atoms with Gasteiger partial charge in [0, 0.05) is 5.39 Å². The summed E-state index contributed by atoms with van der Waals surface area (Å²) < 4.78 is 10.6. The molecule has 9 nitrogen and oxygen atoms in total. The van der Waals surface area contributed by atoms with Gasteiger partial charge >= 0.3 is 5.97 Å². The van der Waals surface area contributed by atoms with Gasteiger partial charge in [0.05, 0.1) is 11.1 Å². The van der Waals surface area contributed by atoms with Crippen molar-refractivity contribution in [3.8, 4) is 6.07 Å². The molecular weight excluding hydrogens is 458 g/mol. The summed E-state index contributed by atoms with van der Waals surface area (Å²) in [7, 11) is 0. The number of para-hydroxylation sites is 1. The summed E-state index contributed by atoms with van der Waals surface area (Å²) in [6.45, 7) is -0.665. The average molecular weight is 477 g/mol. The zero-order chi connectivity index (χ0) is 24.2. The van der Waals surface area contributed by atoms with Crippen molar-refractivity contribution in [2.24, 2.45) is 0 Å². The third-order valence-electron chi connectivity index (χ3n) is 5.31. The number of imide groups is 1. The molecular formula is C24H19N3O6S. The van der Waals surface area contributed by atoms with Gasteiger partial charge in [-0.05, 0) is 42.7 Å². The summed E-state index contributed by atoms with van der Waals surface area (Å²) in [5.74, 6) is -2.29. The Kier molecular flexibility index (Phi) is 6.65. The molecule has 4 rings (SSSR count). The van der Waals surface area contributed by atoms with Crippen LogP contribution in [-0.2, 0) is 14.3 Å². The minimum absolute atomic E-state index is 0.0789. The zero-order valence-electron chi connectivity index (χ0n) is 18.1. The number of hydrogen-bond acceptors (Lipinski definition) is 8. The van der Waals surface area contributed by atoms with Crippen LogP contribution >= 0.6 is 11.8 Å². The first kappa shape index (κ1) is 23.1. The lowest BCUT2D eigenvalue weighted by molar-refractivity contribution is -0.151. The molecule has 1 N–H and O–H groups in total. The van der Waals surface area contributed by atoms with Gasteiger partial charge in [-0.1, -0.05) is 24.3 Å². The van der Waals surface area contributed by atoms with Crippen LogP contribution in [0.25, 0.3) is 11.0 Å². The summed E-state index contributed by atoms with van der Waals surface area (Å²) in [5, 5.41) is 12.4. The first-order chi connectivity index (χ1) is 16.5. The quantitative estimate of drug-likeness (QED) is 0.387. The summed E-state index contributed by atoms with van der Waals surface area (Å²) in [6, 6.07) is 13.9. The number of nitrogens with one attached hydrogen (secondary N) is 1. The normalized spacial score (nSPS) is 13.5. The Balaban J connectivity index is 1.47. The lowest BCUT2D eigenvalue weighted by atomic mass is 10.1. The molecule has 10 heteroatoms. The number of fused-ring (bicyclic) bond motifs is 2. The fourth-order valence-electron chi connectivity index (χ4n) is 3.73. The minimum atomic E-state index is -1.17. The number of rotatable bonds is 8. The fourth-order valence-corrected chi connectivity index (χ4v) is 4.19. The Morgan fingerprint density at radius 1 is 1.12 bits per heavy atom. The highest BCUT2D eigenvalue weighted by molar-refractivity contribution is 7.98. The van der Waals surface area contributed by atoms with E-state index in [4.69, 9.17) is 9.15 Å². The average Bonchev–Trinajstić information content (AvgIpc) is 3.33. The molecule has 172 valence electrons. The van der Waals surface area contributed by atoms with Crippen molar-refractivity contribution in [3.63, 3.8) is 0 Å². The number of hydrogen-bond donors (Lipinski definition) is 1. The third kappa shape index (κ3) is 4.25. The number of nitrogens with zero attached hydrogens (tertiary/aromatic N) is 2. The Morgan fingerprint density at radius 3 is 2.41 bits per heavy atom. The predicted octanol–water partition coefficient (Wildman–Crippen LogP) is 3.20. The Bertz CT molecular complexity index is 1310. The van der Waals surface area contributed by atoms with Crippen LogP contribution in [0.2, 0.25) is 0 Å². The zero-order valence-corrected chi connectivity index (χ0v) is 18.9. The molecule has 0 spiro atoms. The van der Waals surface area contributed by atoms with Crippen molar-refractivity contribution in [3.05, 3.63) is 65.4 Å². The second kappa shape index (κ2) is 9.80. The summed E-state index contributed by atoms with van der Waals surface area (Å²) >= 11 is 1.45. The van der Waals surface area contributed by atoms with E-state index in [-0.39, 0.29) is 29.0 Å². The molecule has 1 aliphatic rings. The maximum atomic E-state index is 12.9. The van der Waals surface area contributed by atoms with Crippen LogP contribution in [0.4, 0.5) is 5.69 Å². The van der Waals surface area contributed by atoms with E-state index in [2.05, 4.69) is 5.32 Å². The standard InChI is InChI=1S/C24H19N3O6S/c1-34-11-10-17(27-22(29)14-6-2-3-7-15(14)23(27)30)24(31)32-13-20(28)26-21-16-8-4-5-9-18(16)33-19(21)12-25/h2-9,17H,10-11,13H2,1H3,(H,26,28). The summed E-state index contributed by atoms with van der Waals surface area (Å²) in [6.07, 6.45) is 2.01. The molecule has 0 fully saturated rings. The highest BCUT2D eigenvalue weighted by atomic mass is 32.2. The molecule has 1 unspecified atom stereocenters. The highest BCUT2D eigenvalue weighted by Gasteiger charge is 2.43. The fraction of sp³-hybridized carbons (Fsp3) is 0.208. The van der Waals surface area contributed by atoms with E-state index in [1.165, 1.54) is 23.9 Å². The van der Waals surface area contributed by atoms with Crippen LogP contribution in [0.15, 0.2) is 52.9 Å². The number of amides is 3. The second-order valence-electron chi connectivity index (χ2n) is 7.39. The number of esters is 1. The monoisotopic (exact) mass is 477 g/mol. The predicted molar refractivity (Wildman–Crippen MR) is 124 cm³/mol. The molecule has 0 radical (unpaired) electrons. The Hall–Kier alpha value is -4.10. The van der Waals surface area contributed by atoms with E-state index in [0.29, 0.717) is 16.7 Å². The maximum absolute atomic E-state index is 12.9. The van der Waals surface area contributed by atoms with Crippen LogP contribution in [0.1, 0.15) is 32.9 Å². The van der Waals surface area contributed by atoms with Crippen LogP contribution in [-0.4, -0.2) is 53.2 Å². The van der Waals surface area contributed by atoms with Gasteiger partial charge < -0.3 is 14.5 Å². The molecule has 0 saturated heterocycles. The molecule has 3 amide bonds. The Morgan fingerprint density at radius 2 is 1.76 bits per heavy atom. The van der Waals surface area contributed by atoms with Crippen LogP contribution in [0, 0.1) is 11.3 Å². The number of thioether (sulfide) groups is 1. The minimum Gasteiger partial charge on any atom is -0.454 e. The highest BCUT2D eigenvalue weighted by Crippen LogP contribution is 2.30. The van der Waals surface area contributed by atoms with E-state index in [1.807, 2.05) is 12.3 Å². The van der Waals surface area contributed by atoms with Gasteiger partial charge in [0.25, 0.3) is 17.7 Å². The molecule has 34 heavy (non-hydrogen) atoms. The van der Waals surface area contributed by atoms with Gasteiger partial charge in [-0.2, -0.15) is 17.0 Å². The first-order valence-electron chi connectivity index (χ1n) is 10.3. The largest absolute Gasteiger partial charge is 0.454 e. The number of nitriles is 1. The molecule has 2 heterocycles. The van der Waals surface area contributed by atoms with Gasteiger partial charge in [0.1, 0.15) is 23.4 Å². The first-order valence-corrected chi connectivity index (χ1v) is 11.7. The van der Waals surface area contributed by atoms with Gasteiger partial charge in [0.15, 0.2) is 6.61 Å². The summed E-state index contributed by atoms with van der Waals surface area (Å²) in [4.78, 5) is 52.0. The van der Waals surface area contributed by atoms with Crippen molar-refractivity contribution in [1.29, 1.82) is 5.26 Å². The van der Waals surface area contributed by atoms with Gasteiger partial charge in [-0.15, -0.1) is 0 Å². The maximum Gasteiger partial charge on any atom is 0.329 e. The van der Waals surface area contributed by atoms with E-state index < -0.39 is 36.3 Å². The molecule has 0 saturated carbocycles. The van der Waals surface area contributed by atoms with Gasteiger partial charge in [-0.3, -0.25) is 19.3 Å². The molecule has 1 atom stereocenters. The third-order valence-corrected chi connectivity index (χ3v) is 5.96. The topological polar surface area (TPSA) is 130 Å². The smallest absolute Gasteiger partial charge is 0.329 e. The number of carbonyl (C=O) groups is 4. The number of furan rings is 1. The van der Waals surface area contributed by atoms with E-state index in [0.717, 1.165) is 4.90 Å². The molecule has 0 bridgehead atoms. The number of benzene rings is 2. The van der Waals surface area contributed by atoms with Crippen LogP contribution in [0.3, 0.4) is 0 Å². The van der Waals surface area contributed by atoms with E-state index >= 15 is 0 Å². The van der Waals surface area contributed by atoms with Crippen molar-refractivity contribution in [1.82, 2.24) is 4.90 Å². The van der Waals surface area contributed by atoms with Crippen LogP contribution in [0.5, 0.6) is 0 Å². The molecule has 1 aromatic heterocycles.